The molecule has 3 rings (SSSR count). The van der Waals surface area contributed by atoms with Gasteiger partial charge in [-0.25, -0.2) is 8.42 Å². The summed E-state index contributed by atoms with van der Waals surface area (Å²) in [7, 11) is -3.79. The Morgan fingerprint density at radius 2 is 1.52 bits per heavy atom. The van der Waals surface area contributed by atoms with E-state index in [1.807, 2.05) is 55.5 Å². The minimum absolute atomic E-state index is 0.128. The van der Waals surface area contributed by atoms with Gasteiger partial charge in [-0.2, -0.15) is 4.72 Å². The topological polar surface area (TPSA) is 75.3 Å². The van der Waals surface area contributed by atoms with Crippen LogP contribution in [0.4, 0.5) is 5.69 Å². The van der Waals surface area contributed by atoms with Gasteiger partial charge in [0.25, 0.3) is 0 Å². The third-order valence-corrected chi connectivity index (χ3v) is 6.81. The van der Waals surface area contributed by atoms with Gasteiger partial charge in [0.2, 0.25) is 15.9 Å². The van der Waals surface area contributed by atoms with E-state index in [4.69, 9.17) is 0 Å². The molecular weight excluding hydrogens is 404 g/mol. The summed E-state index contributed by atoms with van der Waals surface area (Å²) in [6.45, 7) is 3.40. The number of rotatable bonds is 7. The van der Waals surface area contributed by atoms with Crippen LogP contribution in [0.3, 0.4) is 0 Å². The average Bonchev–Trinajstić information content (AvgIpc) is 2.70. The van der Waals surface area contributed by atoms with Crippen LogP contribution in [0.15, 0.2) is 93.5 Å². The van der Waals surface area contributed by atoms with Crippen LogP contribution in [0.5, 0.6) is 0 Å². The highest BCUT2D eigenvalue weighted by molar-refractivity contribution is 7.99. The van der Waals surface area contributed by atoms with Crippen LogP contribution >= 0.6 is 11.8 Å². The summed E-state index contributed by atoms with van der Waals surface area (Å²) in [4.78, 5) is 14.7. The van der Waals surface area contributed by atoms with Gasteiger partial charge in [0.1, 0.15) is 0 Å². The number of nitrogens with one attached hydrogen (secondary N) is 2. The van der Waals surface area contributed by atoms with Gasteiger partial charge < -0.3 is 5.32 Å². The second-order valence-electron chi connectivity index (χ2n) is 6.56. The number of sulfonamides is 1. The maximum Gasteiger partial charge on any atom is 0.242 e. The average molecular weight is 427 g/mol. The van der Waals surface area contributed by atoms with Crippen LogP contribution < -0.4 is 10.0 Å². The zero-order valence-electron chi connectivity index (χ0n) is 16.1. The number of anilines is 1. The van der Waals surface area contributed by atoms with Crippen LogP contribution in [0.1, 0.15) is 12.5 Å². The van der Waals surface area contributed by atoms with Gasteiger partial charge >= 0.3 is 0 Å². The van der Waals surface area contributed by atoms with Gasteiger partial charge in [-0.3, -0.25) is 4.79 Å². The van der Waals surface area contributed by atoms with Crippen LogP contribution in [-0.2, 0) is 14.8 Å². The lowest BCUT2D eigenvalue weighted by Gasteiger charge is -2.16. The third-order valence-electron chi connectivity index (χ3n) is 4.17. The lowest BCUT2D eigenvalue weighted by atomic mass is 10.2. The first-order chi connectivity index (χ1) is 13.8. The van der Waals surface area contributed by atoms with E-state index in [-0.39, 0.29) is 4.90 Å². The molecule has 0 spiro atoms. The molecule has 0 saturated carbocycles. The van der Waals surface area contributed by atoms with Crippen molar-refractivity contribution in [3.63, 3.8) is 0 Å². The normalized spacial score (nSPS) is 12.3. The highest BCUT2D eigenvalue weighted by Gasteiger charge is 2.22. The molecule has 0 bridgehead atoms. The molecule has 0 aliphatic heterocycles. The Bertz CT molecular complexity index is 1080. The van der Waals surface area contributed by atoms with Crippen molar-refractivity contribution in [3.05, 3.63) is 84.4 Å². The number of aryl methyl sites for hydroxylation is 1. The Balaban J connectivity index is 1.71. The molecule has 0 unspecified atom stereocenters. The van der Waals surface area contributed by atoms with E-state index in [0.29, 0.717) is 5.69 Å². The van der Waals surface area contributed by atoms with E-state index in [1.54, 1.807) is 18.2 Å². The highest BCUT2D eigenvalue weighted by atomic mass is 32.2. The van der Waals surface area contributed by atoms with Crippen molar-refractivity contribution in [2.75, 3.05) is 5.32 Å². The first-order valence-corrected chi connectivity index (χ1v) is 11.4. The number of para-hydroxylation sites is 1. The quantitative estimate of drug-likeness (QED) is 0.585. The standard InChI is InChI=1S/C22H22N2O3S2/c1-16-12-14-19(15-13-16)29(26,27)24-17(2)22(25)23-20-10-6-7-11-21(20)28-18-8-4-3-5-9-18/h3-15,17,24H,1-2H3,(H,23,25)/t17-/m1/s1. The summed E-state index contributed by atoms with van der Waals surface area (Å²) in [6, 6.07) is 22.8. The van der Waals surface area contributed by atoms with E-state index in [9.17, 15) is 13.2 Å². The molecule has 0 aliphatic carbocycles. The van der Waals surface area contributed by atoms with Gasteiger partial charge in [-0.1, -0.05) is 59.8 Å². The Hall–Kier alpha value is -2.61. The Morgan fingerprint density at radius 1 is 0.897 bits per heavy atom. The maximum absolute atomic E-state index is 12.6. The maximum atomic E-state index is 12.6. The monoisotopic (exact) mass is 426 g/mol. The Kier molecular flexibility index (Phi) is 6.74. The van der Waals surface area contributed by atoms with E-state index < -0.39 is 22.0 Å². The third kappa shape index (κ3) is 5.69. The predicted octanol–water partition coefficient (Wildman–Crippen LogP) is 4.45. The van der Waals surface area contributed by atoms with Crippen molar-refractivity contribution in [3.8, 4) is 0 Å². The van der Waals surface area contributed by atoms with Crippen molar-refractivity contribution >= 4 is 33.4 Å². The number of hydrogen-bond donors (Lipinski definition) is 2. The molecule has 7 heteroatoms. The van der Waals surface area contributed by atoms with Gasteiger partial charge in [-0.15, -0.1) is 0 Å². The fourth-order valence-electron chi connectivity index (χ4n) is 2.59. The molecule has 3 aromatic rings. The molecule has 3 aromatic carbocycles. The summed E-state index contributed by atoms with van der Waals surface area (Å²) < 4.78 is 27.5. The van der Waals surface area contributed by atoms with Gasteiger partial charge in [0.05, 0.1) is 16.6 Å². The minimum Gasteiger partial charge on any atom is -0.324 e. The SMILES string of the molecule is Cc1ccc(S(=O)(=O)N[C@H](C)C(=O)Nc2ccccc2Sc2ccccc2)cc1. The highest BCUT2D eigenvalue weighted by Crippen LogP contribution is 2.33. The number of carbonyl (C=O) groups is 1. The van der Waals surface area contributed by atoms with Crippen LogP contribution in [0.25, 0.3) is 0 Å². The number of carbonyl (C=O) groups excluding carboxylic acids is 1. The summed E-state index contributed by atoms with van der Waals surface area (Å²) in [5.74, 6) is -0.429. The Labute approximate surface area is 175 Å². The molecule has 0 heterocycles. The zero-order chi connectivity index (χ0) is 20.9. The van der Waals surface area contributed by atoms with Gasteiger partial charge in [0, 0.05) is 9.79 Å². The number of benzene rings is 3. The molecule has 0 fully saturated rings. The fraction of sp³-hybridized carbons (Fsp3) is 0.136. The predicted molar refractivity (Wildman–Crippen MR) is 117 cm³/mol. The molecule has 2 N–H and O–H groups in total. The molecule has 1 atom stereocenters. The van der Waals surface area contributed by atoms with E-state index in [1.165, 1.54) is 30.8 Å². The minimum atomic E-state index is -3.79. The van der Waals surface area contributed by atoms with Gasteiger partial charge in [0.15, 0.2) is 0 Å². The van der Waals surface area contributed by atoms with Crippen molar-refractivity contribution in [1.82, 2.24) is 4.72 Å². The smallest absolute Gasteiger partial charge is 0.242 e. The second-order valence-corrected chi connectivity index (χ2v) is 9.39. The zero-order valence-corrected chi connectivity index (χ0v) is 17.8. The lowest BCUT2D eigenvalue weighted by molar-refractivity contribution is -0.117. The van der Waals surface area contributed by atoms with Crippen LogP contribution in [0, 0.1) is 6.92 Å². The van der Waals surface area contributed by atoms with Crippen molar-refractivity contribution in [2.24, 2.45) is 0 Å². The second kappa shape index (κ2) is 9.26. The van der Waals surface area contributed by atoms with Crippen molar-refractivity contribution in [1.29, 1.82) is 0 Å². The fourth-order valence-corrected chi connectivity index (χ4v) is 4.71. The number of hydrogen-bond acceptors (Lipinski definition) is 4. The van der Waals surface area contributed by atoms with E-state index in [0.717, 1.165) is 15.4 Å². The largest absolute Gasteiger partial charge is 0.324 e. The molecule has 0 saturated heterocycles. The lowest BCUT2D eigenvalue weighted by Crippen LogP contribution is -2.41. The van der Waals surface area contributed by atoms with E-state index in [2.05, 4.69) is 10.0 Å². The molecule has 150 valence electrons. The summed E-state index contributed by atoms with van der Waals surface area (Å²) >= 11 is 1.53. The van der Waals surface area contributed by atoms with Crippen LogP contribution in [0.2, 0.25) is 0 Å². The summed E-state index contributed by atoms with van der Waals surface area (Å²) in [6.07, 6.45) is 0. The molecular formula is C22H22N2O3S2. The molecule has 1 amide bonds. The first kappa shape index (κ1) is 21.1. The molecule has 0 aromatic heterocycles. The Morgan fingerprint density at radius 3 is 2.21 bits per heavy atom. The van der Waals surface area contributed by atoms with Gasteiger partial charge in [-0.05, 0) is 50.2 Å². The first-order valence-electron chi connectivity index (χ1n) is 9.07. The molecule has 29 heavy (non-hydrogen) atoms. The van der Waals surface area contributed by atoms with Crippen molar-refractivity contribution < 1.29 is 13.2 Å². The molecule has 0 aliphatic rings. The summed E-state index contributed by atoms with van der Waals surface area (Å²) in [5, 5.41) is 2.83. The molecule has 5 nitrogen and oxygen atoms in total. The van der Waals surface area contributed by atoms with Crippen molar-refractivity contribution in [2.45, 2.75) is 34.6 Å². The number of amides is 1. The summed E-state index contributed by atoms with van der Waals surface area (Å²) in [5.41, 5.74) is 1.59. The van der Waals surface area contributed by atoms with Crippen LogP contribution in [-0.4, -0.2) is 20.4 Å². The van der Waals surface area contributed by atoms with E-state index >= 15 is 0 Å². The molecule has 0 radical (unpaired) electrons.